The maximum absolute atomic E-state index is 12.1. The normalized spacial score (nSPS) is 34.2. The summed E-state index contributed by atoms with van der Waals surface area (Å²) < 4.78 is 52.1. The van der Waals surface area contributed by atoms with Gasteiger partial charge in [-0.1, -0.05) is 12.5 Å². The van der Waals surface area contributed by atoms with Gasteiger partial charge in [0.05, 0.1) is 6.61 Å². The third kappa shape index (κ3) is 6.21. The van der Waals surface area contributed by atoms with Gasteiger partial charge in [0.2, 0.25) is 0 Å². The molecule has 2 aliphatic heterocycles. The average Bonchev–Trinajstić information content (AvgIpc) is 2.82. The van der Waals surface area contributed by atoms with Crippen molar-refractivity contribution >= 4 is 29.3 Å². The predicted molar refractivity (Wildman–Crippen MR) is 112 cm³/mol. The molecule has 0 aromatic carbocycles. The smallest absolute Gasteiger partial charge is 0.388 e. The van der Waals surface area contributed by atoms with Gasteiger partial charge < -0.3 is 40.1 Å². The molecular weight excluding hydrogens is 507 g/mol. The number of aliphatic imine (C=N–C) groups is 1. The van der Waals surface area contributed by atoms with Gasteiger partial charge in [-0.3, -0.25) is 4.52 Å². The highest BCUT2D eigenvalue weighted by atomic mass is 31.3. The fourth-order valence-corrected chi connectivity index (χ4v) is 6.28. The van der Waals surface area contributed by atoms with Gasteiger partial charge >= 0.3 is 23.5 Å². The van der Waals surface area contributed by atoms with Gasteiger partial charge in [0.25, 0.3) is 0 Å². The number of amidine groups is 1. The molecule has 0 amide bonds. The fraction of sp³-hybridized carbons (Fsp3) is 0.533. The van der Waals surface area contributed by atoms with E-state index >= 15 is 0 Å². The highest BCUT2D eigenvalue weighted by molar-refractivity contribution is 7.66. The number of phosphoric ester groups is 1. The summed E-state index contributed by atoms with van der Waals surface area (Å²) in [5.74, 6) is 2.76. The summed E-state index contributed by atoms with van der Waals surface area (Å²) in [6.45, 7) is 7.25. The van der Waals surface area contributed by atoms with E-state index in [1.807, 2.05) is 0 Å². The van der Waals surface area contributed by atoms with Crippen molar-refractivity contribution in [3.63, 3.8) is 0 Å². The van der Waals surface area contributed by atoms with Crippen molar-refractivity contribution in [2.45, 2.75) is 38.7 Å². The first-order valence-electron chi connectivity index (χ1n) is 8.87. The second kappa shape index (κ2) is 9.02. The number of nitrogens with two attached hydrogens (primary N) is 1. The molecule has 2 rings (SSSR count). The van der Waals surface area contributed by atoms with E-state index in [9.17, 15) is 28.6 Å². The Morgan fingerprint density at radius 1 is 1.27 bits per heavy atom. The van der Waals surface area contributed by atoms with Crippen LogP contribution in [0.25, 0.3) is 0 Å². The second-order valence-corrected chi connectivity index (χ2v) is 12.0. The van der Waals surface area contributed by atoms with Gasteiger partial charge in [0, 0.05) is 11.8 Å². The second-order valence-electron chi connectivity index (χ2n) is 7.61. The van der Waals surface area contributed by atoms with Crippen molar-refractivity contribution in [1.29, 1.82) is 0 Å². The summed E-state index contributed by atoms with van der Waals surface area (Å²) >= 11 is 0. The summed E-state index contributed by atoms with van der Waals surface area (Å²) in [6.07, 6.45) is 4.55. The van der Waals surface area contributed by atoms with Crippen LogP contribution >= 0.6 is 23.5 Å². The Hall–Kier alpha value is -1.36. The molecule has 0 aliphatic carbocycles. The number of aliphatic hydroxyl groups excluding tert-OH is 1. The standard InChI is InChI=1S/C15H24N3O12P3/c1-6-14(4)12(19)15(5,28-13(14)18-7-9(2)11(16)17-10(18)3)8-27-32(23,24)30-33(25,26)29-31(20,21)22/h1,7,12-13,19H,3,8H2,2,4-5H3,(H2,16,17)(H,23,24)(H,25,26)(H2,20,21,22)/t12-,13-,14?,15-/m1/s1. The Morgan fingerprint density at radius 2 is 1.85 bits per heavy atom. The molecule has 15 nitrogen and oxygen atoms in total. The number of hydrogen-bond donors (Lipinski definition) is 6. The molecule has 2 heterocycles. The lowest BCUT2D eigenvalue weighted by Crippen LogP contribution is -2.47. The summed E-state index contributed by atoms with van der Waals surface area (Å²) in [5, 5.41) is 10.9. The summed E-state index contributed by atoms with van der Waals surface area (Å²) in [7, 11) is -16.7. The van der Waals surface area contributed by atoms with Crippen LogP contribution in [0.15, 0.2) is 29.2 Å². The molecule has 0 bridgehead atoms. The SMILES string of the molecule is C#CC1(C)[C@@H](O)[C@@](C)(COP(=O)(O)OP(=O)(O)OP(=O)(O)O)O[C@H]1N1C=C(C)C(N)=NC1=C. The van der Waals surface area contributed by atoms with Gasteiger partial charge in [0.15, 0.2) is 6.23 Å². The minimum atomic E-state index is -5.71. The van der Waals surface area contributed by atoms with E-state index in [0.717, 1.165) is 0 Å². The van der Waals surface area contributed by atoms with Crippen LogP contribution < -0.4 is 5.73 Å². The van der Waals surface area contributed by atoms with Gasteiger partial charge in [0.1, 0.15) is 28.8 Å². The molecule has 7 N–H and O–H groups in total. The molecule has 1 saturated heterocycles. The molecular formula is C15H24N3O12P3. The third-order valence-electron chi connectivity index (χ3n) is 4.82. The average molecular weight is 531 g/mol. The zero-order chi connectivity index (χ0) is 25.6. The molecule has 0 spiro atoms. The van der Waals surface area contributed by atoms with Crippen molar-refractivity contribution in [1.82, 2.24) is 4.90 Å². The predicted octanol–water partition coefficient (Wildman–Crippen LogP) is 0.493. The van der Waals surface area contributed by atoms with Crippen molar-refractivity contribution < 1.29 is 56.3 Å². The summed E-state index contributed by atoms with van der Waals surface area (Å²) in [4.78, 5) is 41.6. The zero-order valence-corrected chi connectivity index (χ0v) is 20.3. The highest BCUT2D eigenvalue weighted by Gasteiger charge is 2.61. The lowest BCUT2D eigenvalue weighted by atomic mass is 9.78. The molecule has 0 saturated carbocycles. The van der Waals surface area contributed by atoms with Crippen LogP contribution in [-0.4, -0.2) is 60.0 Å². The van der Waals surface area contributed by atoms with Gasteiger partial charge in [-0.2, -0.15) is 8.62 Å². The number of nitrogens with zero attached hydrogens (tertiary/aromatic N) is 2. The van der Waals surface area contributed by atoms with Crippen LogP contribution in [0, 0.1) is 17.8 Å². The Morgan fingerprint density at radius 3 is 2.36 bits per heavy atom. The Balaban J connectivity index is 2.25. The fourth-order valence-electron chi connectivity index (χ4n) is 3.17. The molecule has 18 heteroatoms. The number of rotatable bonds is 8. The molecule has 3 unspecified atom stereocenters. The van der Waals surface area contributed by atoms with Crippen molar-refractivity contribution in [3.8, 4) is 12.3 Å². The van der Waals surface area contributed by atoms with Crippen molar-refractivity contribution in [2.75, 3.05) is 6.61 Å². The number of terminal acetylenes is 1. The van der Waals surface area contributed by atoms with Crippen molar-refractivity contribution in [3.05, 3.63) is 24.2 Å². The first-order chi connectivity index (χ1) is 14.8. The van der Waals surface area contributed by atoms with Crippen LogP contribution in [0.3, 0.4) is 0 Å². The maximum Gasteiger partial charge on any atom is 0.490 e. The molecule has 0 radical (unpaired) electrons. The van der Waals surface area contributed by atoms with E-state index < -0.39 is 53.4 Å². The molecule has 0 aromatic heterocycles. The van der Waals surface area contributed by atoms with Crippen LogP contribution in [0.2, 0.25) is 0 Å². The largest absolute Gasteiger partial charge is 0.490 e. The lowest BCUT2D eigenvalue weighted by Gasteiger charge is -2.36. The van der Waals surface area contributed by atoms with Crippen molar-refractivity contribution in [2.24, 2.45) is 16.1 Å². The maximum atomic E-state index is 12.1. The van der Waals surface area contributed by atoms with Gasteiger partial charge in [-0.05, 0) is 20.8 Å². The number of aliphatic hydroxyl groups is 1. The van der Waals surface area contributed by atoms with E-state index in [2.05, 4.69) is 30.6 Å². The highest BCUT2D eigenvalue weighted by Crippen LogP contribution is 2.66. The van der Waals surface area contributed by atoms with E-state index in [1.165, 1.54) is 24.9 Å². The van der Waals surface area contributed by atoms with E-state index in [0.29, 0.717) is 5.57 Å². The van der Waals surface area contributed by atoms with E-state index in [-0.39, 0.29) is 11.7 Å². The van der Waals surface area contributed by atoms with Crippen LogP contribution in [0.1, 0.15) is 20.8 Å². The van der Waals surface area contributed by atoms with E-state index in [4.69, 9.17) is 26.7 Å². The molecule has 1 fully saturated rings. The quantitative estimate of drug-likeness (QED) is 0.185. The monoisotopic (exact) mass is 531 g/mol. The first-order valence-corrected chi connectivity index (χ1v) is 13.4. The number of phosphoric acid groups is 3. The minimum Gasteiger partial charge on any atom is -0.388 e. The lowest BCUT2D eigenvalue weighted by molar-refractivity contribution is -0.122. The Labute approximate surface area is 189 Å². The van der Waals surface area contributed by atoms with Gasteiger partial charge in [-0.15, -0.1) is 6.42 Å². The van der Waals surface area contributed by atoms with Gasteiger partial charge in [-0.25, -0.2) is 18.7 Å². The Kier molecular flexibility index (Phi) is 7.62. The molecule has 186 valence electrons. The zero-order valence-electron chi connectivity index (χ0n) is 17.6. The number of ether oxygens (including phenoxy) is 1. The topological polar surface area (TPSA) is 231 Å². The third-order valence-corrected chi connectivity index (χ3v) is 8.60. The molecule has 0 aromatic rings. The van der Waals surface area contributed by atoms with E-state index in [1.54, 1.807) is 6.92 Å². The first kappa shape index (κ1) is 27.9. The molecule has 6 atom stereocenters. The number of hydrogen-bond acceptors (Lipinski definition) is 11. The minimum absolute atomic E-state index is 0.133. The van der Waals surface area contributed by atoms with Crippen LogP contribution in [0.5, 0.6) is 0 Å². The molecule has 2 aliphatic rings. The summed E-state index contributed by atoms with van der Waals surface area (Å²) in [5.41, 5.74) is 3.07. The van der Waals surface area contributed by atoms with Crippen LogP contribution in [-0.2, 0) is 31.6 Å². The summed E-state index contributed by atoms with van der Waals surface area (Å²) in [6, 6.07) is 0. The molecule has 33 heavy (non-hydrogen) atoms. The Bertz CT molecular complexity index is 1080. The van der Waals surface area contributed by atoms with Crippen LogP contribution in [0.4, 0.5) is 0 Å².